The highest BCUT2D eigenvalue weighted by atomic mass is 16.6. The van der Waals surface area contributed by atoms with Crippen LogP contribution in [0.3, 0.4) is 0 Å². The maximum Gasteiger partial charge on any atom is 0.272 e. The Balaban J connectivity index is 2.02. The van der Waals surface area contributed by atoms with Gasteiger partial charge in [-0.2, -0.15) is 0 Å². The highest BCUT2D eigenvalue weighted by molar-refractivity contribution is 6.32. The molecule has 1 heterocycles. The number of nitrogens with two attached hydrogens (primary N) is 1. The maximum absolute atomic E-state index is 12.6. The zero-order valence-electron chi connectivity index (χ0n) is 12.5. The standard InChI is InChI=1S/C16H11N3O5/c1-8-7-9(5-6-12(8)19(23)24)14(20)18-15(21)10-3-2-4-11(17)13(10)16(18)22/h2-7H,17H2,1H3. The number of nitrogen functional groups attached to an aromatic ring is 1. The van der Waals surface area contributed by atoms with Crippen molar-refractivity contribution in [2.24, 2.45) is 0 Å². The number of amides is 3. The van der Waals surface area contributed by atoms with Crippen LogP contribution < -0.4 is 5.73 Å². The molecule has 0 aromatic heterocycles. The Labute approximate surface area is 135 Å². The first-order chi connectivity index (χ1) is 11.3. The molecule has 0 atom stereocenters. The number of nitrogens with zero attached hydrogens (tertiary/aromatic N) is 2. The third-order valence-electron chi connectivity index (χ3n) is 3.79. The summed E-state index contributed by atoms with van der Waals surface area (Å²) in [4.78, 5) is 48.1. The van der Waals surface area contributed by atoms with Crippen molar-refractivity contribution in [2.75, 3.05) is 5.73 Å². The Morgan fingerprint density at radius 1 is 1.17 bits per heavy atom. The average Bonchev–Trinajstić information content (AvgIpc) is 2.78. The number of anilines is 1. The summed E-state index contributed by atoms with van der Waals surface area (Å²) in [6.45, 7) is 1.47. The lowest BCUT2D eigenvalue weighted by Crippen LogP contribution is -2.36. The quantitative estimate of drug-likeness (QED) is 0.389. The van der Waals surface area contributed by atoms with E-state index < -0.39 is 22.6 Å². The van der Waals surface area contributed by atoms with Crippen LogP contribution in [0, 0.1) is 17.0 Å². The van der Waals surface area contributed by atoms with Crippen LogP contribution in [0.25, 0.3) is 0 Å². The lowest BCUT2D eigenvalue weighted by molar-refractivity contribution is -0.385. The van der Waals surface area contributed by atoms with Crippen LogP contribution in [0.15, 0.2) is 36.4 Å². The van der Waals surface area contributed by atoms with Crippen molar-refractivity contribution in [3.8, 4) is 0 Å². The van der Waals surface area contributed by atoms with Crippen molar-refractivity contribution in [3.63, 3.8) is 0 Å². The van der Waals surface area contributed by atoms with Gasteiger partial charge in [0.25, 0.3) is 23.4 Å². The van der Waals surface area contributed by atoms with E-state index in [2.05, 4.69) is 0 Å². The van der Waals surface area contributed by atoms with Crippen molar-refractivity contribution < 1.29 is 19.3 Å². The van der Waals surface area contributed by atoms with Gasteiger partial charge >= 0.3 is 0 Å². The van der Waals surface area contributed by atoms with E-state index in [9.17, 15) is 24.5 Å². The first-order valence-electron chi connectivity index (χ1n) is 6.89. The molecule has 1 aliphatic rings. The van der Waals surface area contributed by atoms with Gasteiger partial charge in [-0.25, -0.2) is 4.90 Å². The zero-order chi connectivity index (χ0) is 17.6. The summed E-state index contributed by atoms with van der Waals surface area (Å²) in [5.41, 5.74) is 5.99. The number of nitro groups is 1. The summed E-state index contributed by atoms with van der Waals surface area (Å²) in [6, 6.07) is 8.04. The van der Waals surface area contributed by atoms with Gasteiger partial charge in [-0.15, -0.1) is 0 Å². The van der Waals surface area contributed by atoms with E-state index >= 15 is 0 Å². The zero-order valence-corrected chi connectivity index (χ0v) is 12.5. The largest absolute Gasteiger partial charge is 0.398 e. The molecule has 8 heteroatoms. The van der Waals surface area contributed by atoms with Gasteiger partial charge in [0.15, 0.2) is 0 Å². The van der Waals surface area contributed by atoms with Gasteiger partial charge < -0.3 is 5.73 Å². The molecular formula is C16H11N3O5. The molecule has 24 heavy (non-hydrogen) atoms. The normalized spacial score (nSPS) is 13.1. The van der Waals surface area contributed by atoms with Gasteiger partial charge in [0, 0.05) is 22.9 Å². The fourth-order valence-corrected chi connectivity index (χ4v) is 2.62. The first-order valence-corrected chi connectivity index (χ1v) is 6.89. The molecule has 0 saturated heterocycles. The number of imide groups is 3. The smallest absolute Gasteiger partial charge is 0.272 e. The van der Waals surface area contributed by atoms with E-state index in [4.69, 9.17) is 5.73 Å². The monoisotopic (exact) mass is 325 g/mol. The molecule has 0 saturated carbocycles. The second-order valence-electron chi connectivity index (χ2n) is 5.28. The van der Waals surface area contributed by atoms with Crippen LogP contribution in [-0.4, -0.2) is 27.5 Å². The SMILES string of the molecule is Cc1cc(C(=O)N2C(=O)c3cccc(N)c3C2=O)ccc1[N+](=O)[O-]. The van der Waals surface area contributed by atoms with Gasteiger partial charge in [0.1, 0.15) is 0 Å². The molecule has 0 spiro atoms. The predicted octanol–water partition coefficient (Wildman–Crippen LogP) is 1.92. The summed E-state index contributed by atoms with van der Waals surface area (Å²) in [5.74, 6) is -2.41. The van der Waals surface area contributed by atoms with Crippen LogP contribution in [0.4, 0.5) is 11.4 Å². The van der Waals surface area contributed by atoms with Crippen LogP contribution in [0.1, 0.15) is 36.6 Å². The van der Waals surface area contributed by atoms with E-state index in [-0.39, 0.29) is 33.6 Å². The predicted molar refractivity (Wildman–Crippen MR) is 83.5 cm³/mol. The highest BCUT2D eigenvalue weighted by Gasteiger charge is 2.41. The van der Waals surface area contributed by atoms with Crippen molar-refractivity contribution in [1.29, 1.82) is 0 Å². The molecule has 0 radical (unpaired) electrons. The highest BCUT2D eigenvalue weighted by Crippen LogP contribution is 2.29. The molecule has 0 unspecified atom stereocenters. The van der Waals surface area contributed by atoms with Crippen molar-refractivity contribution in [2.45, 2.75) is 6.92 Å². The van der Waals surface area contributed by atoms with E-state index in [0.29, 0.717) is 4.90 Å². The van der Waals surface area contributed by atoms with Crippen LogP contribution in [0.5, 0.6) is 0 Å². The minimum atomic E-state index is -0.849. The number of benzene rings is 2. The fourth-order valence-electron chi connectivity index (χ4n) is 2.62. The molecule has 3 rings (SSSR count). The lowest BCUT2D eigenvalue weighted by atomic mass is 10.1. The third kappa shape index (κ3) is 2.12. The number of carbonyl (C=O) groups excluding carboxylic acids is 3. The Hall–Kier alpha value is -3.55. The summed E-state index contributed by atoms with van der Waals surface area (Å²) in [5, 5.41) is 10.8. The Kier molecular flexibility index (Phi) is 3.37. The Bertz CT molecular complexity index is 935. The van der Waals surface area contributed by atoms with Crippen LogP contribution >= 0.6 is 0 Å². The molecule has 2 N–H and O–H groups in total. The molecule has 2 aromatic carbocycles. The molecule has 3 amide bonds. The van der Waals surface area contributed by atoms with Gasteiger partial charge in [-0.3, -0.25) is 24.5 Å². The van der Waals surface area contributed by atoms with E-state index in [1.165, 1.54) is 37.3 Å². The molecule has 120 valence electrons. The average molecular weight is 325 g/mol. The van der Waals surface area contributed by atoms with E-state index in [1.807, 2.05) is 0 Å². The van der Waals surface area contributed by atoms with Crippen molar-refractivity contribution in [3.05, 3.63) is 68.8 Å². The molecular weight excluding hydrogens is 314 g/mol. The van der Waals surface area contributed by atoms with Gasteiger partial charge in [-0.05, 0) is 31.2 Å². The minimum Gasteiger partial charge on any atom is -0.398 e. The number of hydrogen-bond donors (Lipinski definition) is 1. The topological polar surface area (TPSA) is 124 Å². The number of fused-ring (bicyclic) bond motifs is 1. The fraction of sp³-hybridized carbons (Fsp3) is 0.0625. The molecule has 0 fully saturated rings. The van der Waals surface area contributed by atoms with Crippen molar-refractivity contribution in [1.82, 2.24) is 4.90 Å². The Morgan fingerprint density at radius 2 is 1.88 bits per heavy atom. The molecule has 8 nitrogen and oxygen atoms in total. The number of aryl methyl sites for hydroxylation is 1. The molecule has 1 aliphatic heterocycles. The second-order valence-corrected chi connectivity index (χ2v) is 5.28. The number of hydrogen-bond acceptors (Lipinski definition) is 6. The first kappa shape index (κ1) is 15.3. The molecule has 2 aromatic rings. The third-order valence-corrected chi connectivity index (χ3v) is 3.79. The molecule has 0 bridgehead atoms. The number of carbonyl (C=O) groups is 3. The van der Waals surface area contributed by atoms with Crippen LogP contribution in [0.2, 0.25) is 0 Å². The van der Waals surface area contributed by atoms with Crippen molar-refractivity contribution >= 4 is 29.1 Å². The van der Waals surface area contributed by atoms with E-state index in [0.717, 1.165) is 6.07 Å². The van der Waals surface area contributed by atoms with Gasteiger partial charge in [-0.1, -0.05) is 6.07 Å². The minimum absolute atomic E-state index is 0.00511. The maximum atomic E-state index is 12.6. The second kappa shape index (κ2) is 5.27. The summed E-state index contributed by atoms with van der Waals surface area (Å²) < 4.78 is 0. The number of rotatable bonds is 2. The molecule has 0 aliphatic carbocycles. The van der Waals surface area contributed by atoms with E-state index in [1.54, 1.807) is 0 Å². The lowest BCUT2D eigenvalue weighted by Gasteiger charge is -2.12. The number of nitro benzene ring substituents is 1. The van der Waals surface area contributed by atoms with Gasteiger partial charge in [0.05, 0.1) is 16.1 Å². The van der Waals surface area contributed by atoms with Gasteiger partial charge in [0.2, 0.25) is 0 Å². The van der Waals surface area contributed by atoms with Crippen LogP contribution in [-0.2, 0) is 0 Å². The summed E-state index contributed by atoms with van der Waals surface area (Å²) >= 11 is 0. The Morgan fingerprint density at radius 3 is 2.46 bits per heavy atom. The summed E-state index contributed by atoms with van der Waals surface area (Å²) in [7, 11) is 0. The summed E-state index contributed by atoms with van der Waals surface area (Å²) in [6.07, 6.45) is 0.